The second-order valence-electron chi connectivity index (χ2n) is 2.37. The number of hydrogen-bond donors (Lipinski definition) is 0. The Bertz CT molecular complexity index is 216. The maximum Gasteiger partial charge on any atom is 0.153 e. The molecule has 0 bridgehead atoms. The minimum absolute atomic E-state index is 0.0313. The van der Waals surface area contributed by atoms with E-state index in [1.54, 1.807) is 6.08 Å². The lowest BCUT2D eigenvalue weighted by atomic mass is 10.4. The number of nitrogens with zero attached hydrogens (tertiary/aromatic N) is 1. The molecule has 0 unspecified atom stereocenters. The molecule has 0 rings (SSSR count). The lowest BCUT2D eigenvalue weighted by Crippen LogP contribution is -2.15. The summed E-state index contributed by atoms with van der Waals surface area (Å²) in [5.74, 6) is 2.82. The molecule has 0 aliphatic carbocycles. The fourth-order valence-electron chi connectivity index (χ4n) is 0.669. The molecule has 0 amide bonds. The molecule has 0 aromatic rings. The van der Waals surface area contributed by atoms with E-state index in [-0.39, 0.29) is 5.78 Å². The zero-order valence-corrected chi connectivity index (χ0v) is 7.92. The zero-order chi connectivity index (χ0) is 9.40. The Kier molecular flexibility index (Phi) is 5.81. The van der Waals surface area contributed by atoms with Crippen molar-refractivity contribution in [2.45, 2.75) is 20.8 Å². The Balaban J connectivity index is 3.93. The van der Waals surface area contributed by atoms with E-state index in [4.69, 9.17) is 0 Å². The minimum Gasteiger partial charge on any atom is -0.333 e. The monoisotopic (exact) mass is 165 g/mol. The quantitative estimate of drug-likeness (QED) is 0.358. The van der Waals surface area contributed by atoms with Crippen LogP contribution in [0.2, 0.25) is 0 Å². The van der Waals surface area contributed by atoms with Crippen LogP contribution in [0.3, 0.4) is 0 Å². The zero-order valence-electron chi connectivity index (χ0n) is 7.92. The van der Waals surface area contributed by atoms with E-state index in [2.05, 4.69) is 12.0 Å². The van der Waals surface area contributed by atoms with Crippen LogP contribution in [0.15, 0.2) is 12.2 Å². The number of carbonyl (C=O) groups is 1. The summed E-state index contributed by atoms with van der Waals surface area (Å²) in [6.07, 6.45) is 3.05. The van der Waals surface area contributed by atoms with E-state index < -0.39 is 0 Å². The van der Waals surface area contributed by atoms with Crippen LogP contribution in [0.4, 0.5) is 0 Å². The van der Waals surface area contributed by atoms with Crippen molar-refractivity contribution in [3.63, 3.8) is 0 Å². The molecule has 66 valence electrons. The fraction of sp³-hybridized carbons (Fsp3) is 0.500. The van der Waals surface area contributed by atoms with Gasteiger partial charge in [-0.1, -0.05) is 5.92 Å². The van der Waals surface area contributed by atoms with Crippen molar-refractivity contribution in [3.05, 3.63) is 12.2 Å². The maximum absolute atomic E-state index is 10.5. The van der Waals surface area contributed by atoms with Crippen molar-refractivity contribution in [2.75, 3.05) is 13.1 Å². The van der Waals surface area contributed by atoms with Gasteiger partial charge >= 0.3 is 0 Å². The molecule has 0 fully saturated rings. The average molecular weight is 165 g/mol. The van der Waals surface area contributed by atoms with Crippen LogP contribution in [0.1, 0.15) is 20.8 Å². The van der Waals surface area contributed by atoms with Gasteiger partial charge in [0.2, 0.25) is 0 Å². The summed E-state index contributed by atoms with van der Waals surface area (Å²) in [6, 6.07) is 2.92. The van der Waals surface area contributed by atoms with Crippen molar-refractivity contribution >= 4 is 5.78 Å². The van der Waals surface area contributed by atoms with E-state index in [0.29, 0.717) is 0 Å². The van der Waals surface area contributed by atoms with E-state index in [9.17, 15) is 4.79 Å². The molecule has 0 spiro atoms. The highest BCUT2D eigenvalue weighted by Crippen LogP contribution is 1.81. The van der Waals surface area contributed by atoms with E-state index >= 15 is 0 Å². The SMILES string of the molecule is CCN(C#CC=CC(C)=O)CC. The van der Waals surface area contributed by atoms with Crippen molar-refractivity contribution in [3.8, 4) is 12.0 Å². The second kappa shape index (κ2) is 6.48. The van der Waals surface area contributed by atoms with Gasteiger partial charge in [0.15, 0.2) is 5.78 Å². The van der Waals surface area contributed by atoms with Crippen molar-refractivity contribution in [2.24, 2.45) is 0 Å². The van der Waals surface area contributed by atoms with Crippen LogP contribution in [-0.4, -0.2) is 23.8 Å². The molecule has 12 heavy (non-hydrogen) atoms. The highest BCUT2D eigenvalue weighted by Gasteiger charge is 1.86. The molecule has 0 N–H and O–H groups in total. The number of hydrogen-bond acceptors (Lipinski definition) is 2. The fourth-order valence-corrected chi connectivity index (χ4v) is 0.669. The smallest absolute Gasteiger partial charge is 0.153 e. The molecule has 0 saturated carbocycles. The van der Waals surface area contributed by atoms with Gasteiger partial charge in [0.05, 0.1) is 0 Å². The van der Waals surface area contributed by atoms with E-state index in [1.165, 1.54) is 13.0 Å². The minimum atomic E-state index is 0.0313. The molecule has 0 aromatic carbocycles. The molecule has 2 nitrogen and oxygen atoms in total. The lowest BCUT2D eigenvalue weighted by molar-refractivity contribution is -0.112. The molecule has 0 aliphatic heterocycles. The standard InChI is InChI=1S/C10H15NO/c1-4-11(5-2)9-7-6-8-10(3)12/h6,8H,4-5H2,1-3H3. The summed E-state index contributed by atoms with van der Waals surface area (Å²) in [7, 11) is 0. The molecular formula is C10H15NO. The van der Waals surface area contributed by atoms with Crippen LogP contribution in [-0.2, 0) is 4.79 Å². The van der Waals surface area contributed by atoms with Crippen LogP contribution >= 0.6 is 0 Å². The van der Waals surface area contributed by atoms with Gasteiger partial charge in [-0.05, 0) is 32.9 Å². The molecule has 0 atom stereocenters. The van der Waals surface area contributed by atoms with E-state index in [0.717, 1.165) is 13.1 Å². The molecule has 2 heteroatoms. The largest absolute Gasteiger partial charge is 0.333 e. The Hall–Kier alpha value is -1.23. The Labute approximate surface area is 74.3 Å². The van der Waals surface area contributed by atoms with Crippen molar-refractivity contribution in [1.82, 2.24) is 4.90 Å². The summed E-state index contributed by atoms with van der Waals surface area (Å²) in [5, 5.41) is 0. The van der Waals surface area contributed by atoms with Gasteiger partial charge in [-0.15, -0.1) is 0 Å². The summed E-state index contributed by atoms with van der Waals surface area (Å²) < 4.78 is 0. The third-order valence-corrected chi connectivity index (χ3v) is 1.39. The molecule has 0 aromatic heterocycles. The number of ketones is 1. The predicted octanol–water partition coefficient (Wildman–Crippen LogP) is 1.43. The van der Waals surface area contributed by atoms with Gasteiger partial charge in [0, 0.05) is 19.1 Å². The second-order valence-corrected chi connectivity index (χ2v) is 2.37. The number of carbonyl (C=O) groups excluding carboxylic acids is 1. The third kappa shape index (κ3) is 5.55. The number of allylic oxidation sites excluding steroid dienone is 2. The van der Waals surface area contributed by atoms with Gasteiger partial charge < -0.3 is 4.90 Å². The predicted molar refractivity (Wildman–Crippen MR) is 50.5 cm³/mol. The Morgan fingerprint density at radius 1 is 1.42 bits per heavy atom. The normalized spacial score (nSPS) is 9.25. The van der Waals surface area contributed by atoms with Gasteiger partial charge in [-0.3, -0.25) is 4.79 Å². The summed E-state index contributed by atoms with van der Waals surface area (Å²) in [5.41, 5.74) is 0. The molecule has 0 radical (unpaired) electrons. The summed E-state index contributed by atoms with van der Waals surface area (Å²) in [6.45, 7) is 7.43. The highest BCUT2D eigenvalue weighted by molar-refractivity contribution is 5.87. The number of rotatable bonds is 3. The van der Waals surface area contributed by atoms with Gasteiger partial charge in [0.1, 0.15) is 0 Å². The topological polar surface area (TPSA) is 20.3 Å². The average Bonchev–Trinajstić information content (AvgIpc) is 2.04. The first-order valence-corrected chi connectivity index (χ1v) is 4.14. The van der Waals surface area contributed by atoms with Gasteiger partial charge in [-0.25, -0.2) is 0 Å². The summed E-state index contributed by atoms with van der Waals surface area (Å²) in [4.78, 5) is 12.4. The lowest BCUT2D eigenvalue weighted by Gasteiger charge is -2.09. The van der Waals surface area contributed by atoms with Crippen LogP contribution in [0.25, 0.3) is 0 Å². The third-order valence-electron chi connectivity index (χ3n) is 1.39. The Morgan fingerprint density at radius 2 is 2.00 bits per heavy atom. The highest BCUT2D eigenvalue weighted by atomic mass is 16.1. The summed E-state index contributed by atoms with van der Waals surface area (Å²) >= 11 is 0. The molecule has 0 heterocycles. The molecule has 0 saturated heterocycles. The first-order valence-electron chi connectivity index (χ1n) is 4.14. The van der Waals surface area contributed by atoms with Crippen LogP contribution in [0.5, 0.6) is 0 Å². The molecule has 0 aliphatic rings. The maximum atomic E-state index is 10.5. The van der Waals surface area contributed by atoms with Crippen LogP contribution < -0.4 is 0 Å². The Morgan fingerprint density at radius 3 is 2.42 bits per heavy atom. The van der Waals surface area contributed by atoms with Gasteiger partial charge in [-0.2, -0.15) is 0 Å². The first-order chi connectivity index (χ1) is 5.70. The van der Waals surface area contributed by atoms with Crippen molar-refractivity contribution in [1.29, 1.82) is 0 Å². The van der Waals surface area contributed by atoms with Crippen LogP contribution in [0, 0.1) is 12.0 Å². The van der Waals surface area contributed by atoms with E-state index in [1.807, 2.05) is 18.7 Å². The first kappa shape index (κ1) is 10.8. The molecular weight excluding hydrogens is 150 g/mol. The van der Waals surface area contributed by atoms with Crippen molar-refractivity contribution < 1.29 is 4.79 Å². The van der Waals surface area contributed by atoms with Gasteiger partial charge in [0.25, 0.3) is 0 Å².